The maximum absolute atomic E-state index is 12.9. The summed E-state index contributed by atoms with van der Waals surface area (Å²) < 4.78 is 44.0. The van der Waals surface area contributed by atoms with Crippen LogP contribution in [0.2, 0.25) is 0 Å². The number of carbonyl (C=O) groups is 2. The lowest BCUT2D eigenvalue weighted by Gasteiger charge is -2.25. The van der Waals surface area contributed by atoms with Crippen molar-refractivity contribution < 1.29 is 32.6 Å². The Hall–Kier alpha value is -2.25. The number of halogens is 3. The first-order chi connectivity index (χ1) is 11.9. The van der Waals surface area contributed by atoms with Gasteiger partial charge < -0.3 is 14.7 Å². The average molecular weight is 373 g/mol. The van der Waals surface area contributed by atoms with Crippen molar-refractivity contribution in [3.8, 4) is 0 Å². The summed E-state index contributed by atoms with van der Waals surface area (Å²) in [5.41, 5.74) is -1.48. The summed E-state index contributed by atoms with van der Waals surface area (Å²) in [5.74, 6) is -2.81. The number of nitrogens with zero attached hydrogens (tertiary/aromatic N) is 1. The minimum Gasteiger partial charge on any atom is -0.481 e. The fraction of sp³-hybridized carbons (Fsp3) is 0.556. The van der Waals surface area contributed by atoms with E-state index in [0.717, 1.165) is 12.1 Å². The lowest BCUT2D eigenvalue weighted by atomic mass is 9.85. The zero-order valence-corrected chi connectivity index (χ0v) is 14.8. The number of alkyl halides is 3. The number of hydrogen-bond donors (Lipinski definition) is 1. The third-order valence-electron chi connectivity index (χ3n) is 4.19. The molecular weight excluding hydrogens is 351 g/mol. The predicted molar refractivity (Wildman–Crippen MR) is 87.7 cm³/mol. The van der Waals surface area contributed by atoms with Crippen LogP contribution < -0.4 is 0 Å². The maximum atomic E-state index is 12.9. The molecule has 1 aromatic carbocycles. The molecule has 1 fully saturated rings. The highest BCUT2D eigenvalue weighted by Gasteiger charge is 2.39. The Balaban J connectivity index is 2.19. The van der Waals surface area contributed by atoms with Gasteiger partial charge in [-0.25, -0.2) is 4.79 Å². The van der Waals surface area contributed by atoms with E-state index >= 15 is 0 Å². The van der Waals surface area contributed by atoms with Gasteiger partial charge in [-0.05, 0) is 44.7 Å². The molecule has 1 amide bonds. The largest absolute Gasteiger partial charge is 0.481 e. The lowest BCUT2D eigenvalue weighted by Crippen LogP contribution is -2.36. The Bertz CT molecular complexity index is 682. The first-order valence-corrected chi connectivity index (χ1v) is 8.26. The van der Waals surface area contributed by atoms with Crippen molar-refractivity contribution in [3.63, 3.8) is 0 Å². The monoisotopic (exact) mass is 373 g/mol. The van der Waals surface area contributed by atoms with Crippen LogP contribution in [0.4, 0.5) is 18.0 Å². The molecule has 144 valence electrons. The molecule has 8 heteroatoms. The van der Waals surface area contributed by atoms with Crippen LogP contribution in [0, 0.1) is 5.92 Å². The number of amides is 1. The first-order valence-electron chi connectivity index (χ1n) is 8.26. The van der Waals surface area contributed by atoms with E-state index in [2.05, 4.69) is 0 Å². The average Bonchev–Trinajstić information content (AvgIpc) is 2.94. The van der Waals surface area contributed by atoms with Crippen molar-refractivity contribution in [2.75, 3.05) is 13.1 Å². The van der Waals surface area contributed by atoms with Crippen molar-refractivity contribution >= 4 is 12.1 Å². The molecule has 2 unspecified atom stereocenters. The summed E-state index contributed by atoms with van der Waals surface area (Å²) in [5, 5.41) is 9.58. The molecular formula is C18H22F3NO4. The Morgan fingerprint density at radius 1 is 1.27 bits per heavy atom. The van der Waals surface area contributed by atoms with E-state index in [9.17, 15) is 27.9 Å². The summed E-state index contributed by atoms with van der Waals surface area (Å²) in [6.45, 7) is 5.61. The topological polar surface area (TPSA) is 66.8 Å². The van der Waals surface area contributed by atoms with E-state index in [1.807, 2.05) is 0 Å². The zero-order chi connectivity index (χ0) is 19.7. The van der Waals surface area contributed by atoms with Gasteiger partial charge in [0.25, 0.3) is 0 Å². The molecule has 1 saturated heterocycles. The molecule has 26 heavy (non-hydrogen) atoms. The number of carboxylic acid groups (broad SMARTS) is 1. The van der Waals surface area contributed by atoms with Crippen LogP contribution in [0.5, 0.6) is 0 Å². The molecule has 1 N–H and O–H groups in total. The Morgan fingerprint density at radius 2 is 1.92 bits per heavy atom. The van der Waals surface area contributed by atoms with Crippen LogP contribution in [0.15, 0.2) is 24.3 Å². The predicted octanol–water partition coefficient (Wildman–Crippen LogP) is 4.13. The van der Waals surface area contributed by atoms with E-state index in [1.165, 1.54) is 17.0 Å². The number of ether oxygens (including phenoxy) is 1. The van der Waals surface area contributed by atoms with Crippen molar-refractivity contribution in [3.05, 3.63) is 35.4 Å². The molecule has 1 aliphatic heterocycles. The van der Waals surface area contributed by atoms with Crippen molar-refractivity contribution in [1.82, 2.24) is 4.90 Å². The van der Waals surface area contributed by atoms with Gasteiger partial charge in [-0.1, -0.05) is 18.2 Å². The van der Waals surface area contributed by atoms with Crippen molar-refractivity contribution in [1.29, 1.82) is 0 Å². The molecule has 2 rings (SSSR count). The standard InChI is InChI=1S/C18H22F3NO4/c1-17(2,3)26-16(25)22-8-7-12(10-22)14(15(23)24)11-5-4-6-13(9-11)18(19,20)21/h4-6,9,12,14H,7-8,10H2,1-3H3,(H,23,24). The third kappa shape index (κ3) is 4.89. The van der Waals surface area contributed by atoms with Crippen molar-refractivity contribution in [2.45, 2.75) is 44.9 Å². The van der Waals surface area contributed by atoms with Crippen LogP contribution in [0.1, 0.15) is 44.2 Å². The number of rotatable bonds is 3. The van der Waals surface area contributed by atoms with Crippen LogP contribution in [0.25, 0.3) is 0 Å². The van der Waals surface area contributed by atoms with Crippen LogP contribution in [-0.4, -0.2) is 40.8 Å². The third-order valence-corrected chi connectivity index (χ3v) is 4.19. The molecule has 0 bridgehead atoms. The first kappa shape index (κ1) is 20.1. The molecule has 0 aromatic heterocycles. The summed E-state index contributed by atoms with van der Waals surface area (Å²) >= 11 is 0. The lowest BCUT2D eigenvalue weighted by molar-refractivity contribution is -0.141. The number of aliphatic carboxylic acids is 1. The summed E-state index contributed by atoms with van der Waals surface area (Å²) in [6.07, 6.45) is -4.71. The smallest absolute Gasteiger partial charge is 0.416 e. The Labute approximate surface area is 149 Å². The molecule has 1 aliphatic rings. The minimum absolute atomic E-state index is 0.0864. The summed E-state index contributed by atoms with van der Waals surface area (Å²) in [7, 11) is 0. The second-order valence-electron chi connectivity index (χ2n) is 7.41. The number of hydrogen-bond acceptors (Lipinski definition) is 3. The number of likely N-dealkylation sites (tertiary alicyclic amines) is 1. The maximum Gasteiger partial charge on any atom is 0.416 e. The molecule has 0 aliphatic carbocycles. The fourth-order valence-corrected chi connectivity index (χ4v) is 3.08. The number of benzene rings is 1. The van der Waals surface area contributed by atoms with Crippen molar-refractivity contribution in [2.24, 2.45) is 5.92 Å². The van der Waals surface area contributed by atoms with E-state index in [-0.39, 0.29) is 12.1 Å². The van der Waals surface area contributed by atoms with Crippen LogP contribution in [-0.2, 0) is 15.7 Å². The molecule has 0 radical (unpaired) electrons. The second kappa shape index (κ2) is 7.17. The van der Waals surface area contributed by atoms with Gasteiger partial charge in [0.15, 0.2) is 0 Å². The summed E-state index contributed by atoms with van der Waals surface area (Å²) in [6, 6.07) is 4.36. The Morgan fingerprint density at radius 3 is 2.46 bits per heavy atom. The number of carboxylic acids is 1. The Kier molecular flexibility index (Phi) is 5.53. The number of carbonyl (C=O) groups excluding carboxylic acids is 1. The molecule has 5 nitrogen and oxygen atoms in total. The van der Waals surface area contributed by atoms with Gasteiger partial charge in [0.05, 0.1) is 11.5 Å². The highest BCUT2D eigenvalue weighted by atomic mass is 19.4. The van der Waals surface area contributed by atoms with Gasteiger partial charge in [0.1, 0.15) is 5.60 Å². The molecule has 0 spiro atoms. The fourth-order valence-electron chi connectivity index (χ4n) is 3.08. The summed E-state index contributed by atoms with van der Waals surface area (Å²) in [4.78, 5) is 25.3. The molecule has 0 saturated carbocycles. The normalized spacial score (nSPS) is 19.3. The quantitative estimate of drug-likeness (QED) is 0.865. The second-order valence-corrected chi connectivity index (χ2v) is 7.41. The van der Waals surface area contributed by atoms with Gasteiger partial charge in [-0.3, -0.25) is 4.79 Å². The van der Waals surface area contributed by atoms with E-state index in [4.69, 9.17) is 4.74 Å². The van der Waals surface area contributed by atoms with E-state index in [0.29, 0.717) is 13.0 Å². The molecule has 1 aromatic rings. The van der Waals surface area contributed by atoms with E-state index < -0.39 is 41.2 Å². The zero-order valence-electron chi connectivity index (χ0n) is 14.8. The highest BCUT2D eigenvalue weighted by Crippen LogP contribution is 2.36. The van der Waals surface area contributed by atoms with Gasteiger partial charge in [-0.15, -0.1) is 0 Å². The van der Waals surface area contributed by atoms with Gasteiger partial charge in [0, 0.05) is 13.1 Å². The van der Waals surface area contributed by atoms with Gasteiger partial charge in [-0.2, -0.15) is 13.2 Å². The highest BCUT2D eigenvalue weighted by molar-refractivity contribution is 5.77. The molecule has 1 heterocycles. The van der Waals surface area contributed by atoms with Crippen LogP contribution >= 0.6 is 0 Å². The molecule has 2 atom stereocenters. The van der Waals surface area contributed by atoms with Gasteiger partial charge in [0.2, 0.25) is 0 Å². The van der Waals surface area contributed by atoms with Gasteiger partial charge >= 0.3 is 18.2 Å². The van der Waals surface area contributed by atoms with Crippen LogP contribution in [0.3, 0.4) is 0 Å². The minimum atomic E-state index is -4.54. The van der Waals surface area contributed by atoms with E-state index in [1.54, 1.807) is 20.8 Å². The SMILES string of the molecule is CC(C)(C)OC(=O)N1CCC(C(C(=O)O)c2cccc(C(F)(F)F)c2)C1.